The Hall–Kier alpha value is -4.20. The number of nitrogens with one attached hydrogen (secondary N) is 1. The van der Waals surface area contributed by atoms with Gasteiger partial charge in [0.1, 0.15) is 5.41 Å². The van der Waals surface area contributed by atoms with Gasteiger partial charge in [-0.2, -0.15) is 0 Å². The molecule has 3 aromatic rings. The predicted octanol–water partition coefficient (Wildman–Crippen LogP) is 3.85. The van der Waals surface area contributed by atoms with E-state index in [0.717, 1.165) is 16.2 Å². The van der Waals surface area contributed by atoms with Crippen LogP contribution in [0.15, 0.2) is 66.9 Å². The van der Waals surface area contributed by atoms with E-state index in [-0.39, 0.29) is 12.8 Å². The van der Waals surface area contributed by atoms with Crippen molar-refractivity contribution in [3.05, 3.63) is 83.7 Å². The number of benzene rings is 2. The maximum atomic E-state index is 14.1. The molecule has 35 heavy (non-hydrogen) atoms. The Morgan fingerprint density at radius 1 is 0.943 bits per heavy atom. The van der Waals surface area contributed by atoms with Crippen molar-refractivity contribution in [2.45, 2.75) is 26.2 Å². The first kappa shape index (κ1) is 23.9. The van der Waals surface area contributed by atoms with Gasteiger partial charge in [0.15, 0.2) is 11.5 Å². The second kappa shape index (κ2) is 9.97. The fraction of sp³-hybridized carbons (Fsp3) is 0.259. The number of hydrogen-bond donors (Lipinski definition) is 1. The van der Waals surface area contributed by atoms with Crippen molar-refractivity contribution in [1.29, 1.82) is 0 Å². The standard InChI is InChI=1S/C27H27N3O5/c1-18-8-4-5-10-21(18)30-25(32)27(24(31)29-26(30)33,14-13-20-9-6-7-15-28-20)17-19-11-12-22(34-2)23(16-19)35-3/h4-12,15-16H,13-14,17H2,1-3H3,(H,29,31,33)/t27-/m1/s1. The van der Waals surface area contributed by atoms with Crippen molar-refractivity contribution in [1.82, 2.24) is 10.3 Å². The molecule has 8 nitrogen and oxygen atoms in total. The van der Waals surface area contributed by atoms with Crippen LogP contribution >= 0.6 is 0 Å². The van der Waals surface area contributed by atoms with Gasteiger partial charge in [-0.1, -0.05) is 30.3 Å². The maximum Gasteiger partial charge on any atom is 0.335 e. The zero-order chi connectivity index (χ0) is 25.0. The van der Waals surface area contributed by atoms with Crippen LogP contribution in [0.1, 0.15) is 23.2 Å². The van der Waals surface area contributed by atoms with Gasteiger partial charge in [-0.25, -0.2) is 9.69 Å². The van der Waals surface area contributed by atoms with E-state index >= 15 is 0 Å². The Morgan fingerprint density at radius 2 is 1.69 bits per heavy atom. The van der Waals surface area contributed by atoms with Crippen molar-refractivity contribution in [3.63, 3.8) is 0 Å². The number of methoxy groups -OCH3 is 2. The van der Waals surface area contributed by atoms with Gasteiger partial charge in [-0.3, -0.25) is 19.9 Å². The van der Waals surface area contributed by atoms with Crippen molar-refractivity contribution in [3.8, 4) is 11.5 Å². The molecule has 0 bridgehead atoms. The summed E-state index contributed by atoms with van der Waals surface area (Å²) in [7, 11) is 3.06. The number of aromatic nitrogens is 1. The third kappa shape index (κ3) is 4.59. The van der Waals surface area contributed by atoms with Crippen molar-refractivity contribution < 1.29 is 23.9 Å². The summed E-state index contributed by atoms with van der Waals surface area (Å²) >= 11 is 0. The normalized spacial score (nSPS) is 17.8. The molecule has 0 unspecified atom stereocenters. The lowest BCUT2D eigenvalue weighted by molar-refractivity contribution is -0.143. The van der Waals surface area contributed by atoms with Crippen LogP contribution in [0.4, 0.5) is 10.5 Å². The molecule has 1 saturated heterocycles. The van der Waals surface area contributed by atoms with E-state index in [1.165, 1.54) is 14.2 Å². The summed E-state index contributed by atoms with van der Waals surface area (Å²) in [5.74, 6) is -0.162. The van der Waals surface area contributed by atoms with Crippen molar-refractivity contribution in [2.24, 2.45) is 5.41 Å². The number of carbonyl (C=O) groups is 3. The molecule has 180 valence electrons. The molecule has 8 heteroatoms. The number of amides is 4. The second-order valence-corrected chi connectivity index (χ2v) is 8.46. The molecule has 2 aromatic carbocycles. The Balaban J connectivity index is 1.79. The number of aryl methyl sites for hydroxylation is 2. The van der Waals surface area contributed by atoms with Gasteiger partial charge in [0.25, 0.3) is 5.91 Å². The number of barbiturate groups is 1. The van der Waals surface area contributed by atoms with Gasteiger partial charge < -0.3 is 9.47 Å². The third-order valence-electron chi connectivity index (χ3n) is 6.31. The highest BCUT2D eigenvalue weighted by atomic mass is 16.5. The minimum atomic E-state index is -1.53. The second-order valence-electron chi connectivity index (χ2n) is 8.46. The molecule has 1 aromatic heterocycles. The van der Waals surface area contributed by atoms with Gasteiger partial charge in [0.2, 0.25) is 5.91 Å². The van der Waals surface area contributed by atoms with E-state index in [4.69, 9.17) is 9.47 Å². The smallest absolute Gasteiger partial charge is 0.335 e. The van der Waals surface area contributed by atoms with Gasteiger partial charge in [0.05, 0.1) is 19.9 Å². The molecule has 4 rings (SSSR count). The molecule has 0 saturated carbocycles. The number of ether oxygens (including phenoxy) is 2. The topological polar surface area (TPSA) is 97.8 Å². The molecule has 1 atom stereocenters. The average molecular weight is 474 g/mol. The Morgan fingerprint density at radius 3 is 2.37 bits per heavy atom. The predicted molar refractivity (Wildman–Crippen MR) is 130 cm³/mol. The van der Waals surface area contributed by atoms with E-state index in [0.29, 0.717) is 29.2 Å². The molecular weight excluding hydrogens is 446 g/mol. The lowest BCUT2D eigenvalue weighted by Gasteiger charge is -2.40. The van der Waals surface area contributed by atoms with Crippen molar-refractivity contribution >= 4 is 23.5 Å². The van der Waals surface area contributed by atoms with Gasteiger partial charge in [0, 0.05) is 11.9 Å². The zero-order valence-corrected chi connectivity index (χ0v) is 19.9. The molecule has 4 amide bonds. The minimum absolute atomic E-state index is 0.0700. The molecule has 1 fully saturated rings. The minimum Gasteiger partial charge on any atom is -0.493 e. The summed E-state index contributed by atoms with van der Waals surface area (Å²) < 4.78 is 10.7. The van der Waals surface area contributed by atoms with E-state index < -0.39 is 23.3 Å². The number of imide groups is 2. The monoisotopic (exact) mass is 473 g/mol. The van der Waals surface area contributed by atoms with Gasteiger partial charge >= 0.3 is 6.03 Å². The van der Waals surface area contributed by atoms with Gasteiger partial charge in [-0.05, 0) is 67.6 Å². The SMILES string of the molecule is COc1ccc(C[C@]2(CCc3ccccn3)C(=O)NC(=O)N(c3ccccc3C)C2=O)cc1OC. The summed E-state index contributed by atoms with van der Waals surface area (Å²) in [6, 6.07) is 17.1. The van der Waals surface area contributed by atoms with Crippen molar-refractivity contribution in [2.75, 3.05) is 19.1 Å². The zero-order valence-electron chi connectivity index (χ0n) is 19.9. The summed E-state index contributed by atoms with van der Waals surface area (Å²) in [6.07, 6.45) is 2.28. The fourth-order valence-electron chi connectivity index (χ4n) is 4.40. The molecule has 1 aliphatic heterocycles. The molecular formula is C27H27N3O5. The summed E-state index contributed by atoms with van der Waals surface area (Å²) in [6.45, 7) is 1.82. The summed E-state index contributed by atoms with van der Waals surface area (Å²) in [5.41, 5.74) is 1.10. The lowest BCUT2D eigenvalue weighted by Crippen LogP contribution is -2.65. The molecule has 0 aliphatic carbocycles. The Labute approximate surface area is 203 Å². The summed E-state index contributed by atoms with van der Waals surface area (Å²) in [5, 5.41) is 2.43. The number of hydrogen-bond acceptors (Lipinski definition) is 6. The van der Waals surface area contributed by atoms with Crippen LogP contribution in [0.3, 0.4) is 0 Å². The number of urea groups is 1. The number of carbonyl (C=O) groups excluding carboxylic acids is 3. The number of pyridine rings is 1. The number of para-hydroxylation sites is 1. The lowest BCUT2D eigenvalue weighted by atomic mass is 9.74. The Kier molecular flexibility index (Phi) is 6.82. The van der Waals surface area contributed by atoms with Crippen LogP contribution in [0.2, 0.25) is 0 Å². The number of rotatable bonds is 8. The van der Waals surface area contributed by atoms with E-state index in [9.17, 15) is 14.4 Å². The maximum absolute atomic E-state index is 14.1. The average Bonchev–Trinajstić information content (AvgIpc) is 2.87. The first-order valence-corrected chi connectivity index (χ1v) is 11.3. The molecule has 1 N–H and O–H groups in total. The highest BCUT2D eigenvalue weighted by molar-refractivity contribution is 6.30. The van der Waals surface area contributed by atoms with Crippen LogP contribution in [0.5, 0.6) is 11.5 Å². The first-order chi connectivity index (χ1) is 16.9. The number of nitrogens with zero attached hydrogens (tertiary/aromatic N) is 2. The Bertz CT molecular complexity index is 1260. The van der Waals surface area contributed by atoms with E-state index in [1.54, 1.807) is 42.6 Å². The van der Waals surface area contributed by atoms with Crippen LogP contribution in [-0.2, 0) is 22.4 Å². The highest BCUT2D eigenvalue weighted by Crippen LogP contribution is 2.39. The molecule has 0 radical (unpaired) electrons. The largest absolute Gasteiger partial charge is 0.493 e. The quantitative estimate of drug-likeness (QED) is 0.499. The van der Waals surface area contributed by atoms with E-state index in [1.807, 2.05) is 31.2 Å². The molecule has 1 aliphatic rings. The van der Waals surface area contributed by atoms with Crippen LogP contribution in [0.25, 0.3) is 0 Å². The molecule has 2 heterocycles. The number of anilines is 1. The highest BCUT2D eigenvalue weighted by Gasteiger charge is 2.54. The first-order valence-electron chi connectivity index (χ1n) is 11.3. The van der Waals surface area contributed by atoms with Crippen LogP contribution in [0, 0.1) is 12.3 Å². The summed E-state index contributed by atoms with van der Waals surface area (Å²) in [4.78, 5) is 45.9. The van der Waals surface area contributed by atoms with E-state index in [2.05, 4.69) is 10.3 Å². The van der Waals surface area contributed by atoms with Crippen LogP contribution in [-0.4, -0.2) is 37.0 Å². The van der Waals surface area contributed by atoms with Gasteiger partial charge in [-0.15, -0.1) is 0 Å². The third-order valence-corrected chi connectivity index (χ3v) is 6.31. The fourth-order valence-corrected chi connectivity index (χ4v) is 4.40. The molecule has 0 spiro atoms. The van der Waals surface area contributed by atoms with Crippen LogP contribution < -0.4 is 19.7 Å².